The van der Waals surface area contributed by atoms with Gasteiger partial charge in [-0.1, -0.05) is 35.3 Å². The highest BCUT2D eigenvalue weighted by Crippen LogP contribution is 2.33. The lowest BCUT2D eigenvalue weighted by molar-refractivity contribution is -0.136. The third-order valence-corrected chi connectivity index (χ3v) is 6.17. The van der Waals surface area contributed by atoms with Gasteiger partial charge in [0.2, 0.25) is 0 Å². The molecule has 9 nitrogen and oxygen atoms in total. The fourth-order valence-corrected chi connectivity index (χ4v) is 4.08. The van der Waals surface area contributed by atoms with Gasteiger partial charge in [0, 0.05) is 21.4 Å². The highest BCUT2D eigenvalue weighted by molar-refractivity contribution is 14.1. The molecule has 0 radical (unpaired) electrons. The maximum atomic E-state index is 12.3. The normalized spacial score (nSPS) is 10.6. The van der Waals surface area contributed by atoms with E-state index in [0.29, 0.717) is 42.1 Å². The molecule has 3 N–H and O–H groups in total. The number of rotatable bonds is 8. The monoisotopic (exact) mass is 654 g/mol. The number of amides is 3. The van der Waals surface area contributed by atoms with Crippen molar-refractivity contribution < 1.29 is 23.9 Å². The molecule has 0 atom stereocenters. The van der Waals surface area contributed by atoms with Crippen LogP contribution in [0.4, 0.5) is 11.4 Å². The zero-order valence-electron chi connectivity index (χ0n) is 19.6. The van der Waals surface area contributed by atoms with Crippen molar-refractivity contribution in [2.75, 3.05) is 24.4 Å². The second-order valence-corrected chi connectivity index (χ2v) is 9.50. The van der Waals surface area contributed by atoms with E-state index in [2.05, 4.69) is 21.2 Å². The van der Waals surface area contributed by atoms with E-state index in [1.807, 2.05) is 29.5 Å². The number of carbonyl (C=O) groups excluding carboxylic acids is 3. The molecular weight excluding hydrogens is 634 g/mol. The fourth-order valence-electron chi connectivity index (χ4n) is 2.93. The van der Waals surface area contributed by atoms with E-state index in [9.17, 15) is 14.4 Å². The lowest BCUT2D eigenvalue weighted by atomic mass is 10.2. The molecule has 0 saturated carbocycles. The Morgan fingerprint density at radius 3 is 2.46 bits per heavy atom. The second kappa shape index (κ2) is 13.3. The smallest absolute Gasteiger partial charge is 0.329 e. The lowest BCUT2D eigenvalue weighted by Crippen LogP contribution is -2.32. The molecule has 0 bridgehead atoms. The van der Waals surface area contributed by atoms with Crippen molar-refractivity contribution in [2.45, 2.75) is 6.92 Å². The zero-order chi connectivity index (χ0) is 26.9. The number of benzene rings is 3. The van der Waals surface area contributed by atoms with Crippen molar-refractivity contribution in [2.24, 2.45) is 5.10 Å². The van der Waals surface area contributed by atoms with Gasteiger partial charge in [0.05, 0.1) is 16.9 Å². The van der Waals surface area contributed by atoms with Crippen LogP contribution in [-0.4, -0.2) is 37.7 Å². The number of hydrogen-bond donors (Lipinski definition) is 3. The second-order valence-electron chi connectivity index (χ2n) is 7.50. The Labute approximate surface area is 236 Å². The highest BCUT2D eigenvalue weighted by Gasteiger charge is 2.15. The Balaban J connectivity index is 1.58. The van der Waals surface area contributed by atoms with Crippen LogP contribution in [0.25, 0.3) is 0 Å². The number of anilines is 2. The molecule has 3 aromatic rings. The van der Waals surface area contributed by atoms with Gasteiger partial charge in [-0.05, 0) is 83.1 Å². The molecule has 0 heterocycles. The number of ether oxygens (including phenoxy) is 2. The first-order valence-electron chi connectivity index (χ1n) is 10.6. The molecule has 0 saturated heterocycles. The lowest BCUT2D eigenvalue weighted by Gasteiger charge is -2.14. The highest BCUT2D eigenvalue weighted by atomic mass is 127. The van der Waals surface area contributed by atoms with Gasteiger partial charge >= 0.3 is 11.8 Å². The van der Waals surface area contributed by atoms with E-state index < -0.39 is 11.8 Å². The summed E-state index contributed by atoms with van der Waals surface area (Å²) in [5, 5.41) is 9.93. The minimum atomic E-state index is -0.960. The summed E-state index contributed by atoms with van der Waals surface area (Å²) in [6, 6.07) is 14.9. The summed E-state index contributed by atoms with van der Waals surface area (Å²) in [4.78, 5) is 36.4. The number of nitrogens with one attached hydrogen (secondary N) is 3. The van der Waals surface area contributed by atoms with Crippen molar-refractivity contribution in [1.82, 2.24) is 5.43 Å². The standard InChI is InChI=1S/C25H21Cl2IN4O5/c1-14-6-7-18(11-19(14)27)30-22(33)13-37-23-20(28)8-15(9-21(23)36-2)12-29-32-25(35)24(34)31-17-5-3-4-16(26)10-17/h3-12H,13H2,1-2H3,(H,30,33)(H,31,34)(H,32,35)/b29-12-. The maximum Gasteiger partial charge on any atom is 0.329 e. The Morgan fingerprint density at radius 2 is 1.76 bits per heavy atom. The van der Waals surface area contributed by atoms with E-state index in [1.165, 1.54) is 19.4 Å². The van der Waals surface area contributed by atoms with Gasteiger partial charge in [-0.3, -0.25) is 14.4 Å². The summed E-state index contributed by atoms with van der Waals surface area (Å²) in [7, 11) is 1.45. The van der Waals surface area contributed by atoms with Crippen LogP contribution in [0.5, 0.6) is 11.5 Å². The topological polar surface area (TPSA) is 118 Å². The van der Waals surface area contributed by atoms with Crippen molar-refractivity contribution in [3.63, 3.8) is 0 Å². The Hall–Kier alpha value is -3.35. The summed E-state index contributed by atoms with van der Waals surface area (Å²) in [5.41, 5.74) is 4.55. The molecule has 0 unspecified atom stereocenters. The van der Waals surface area contributed by atoms with Crippen LogP contribution in [0.15, 0.2) is 59.7 Å². The van der Waals surface area contributed by atoms with Crippen molar-refractivity contribution in [1.29, 1.82) is 0 Å². The van der Waals surface area contributed by atoms with Gasteiger partial charge in [0.25, 0.3) is 5.91 Å². The van der Waals surface area contributed by atoms with Gasteiger partial charge in [0.15, 0.2) is 18.1 Å². The van der Waals surface area contributed by atoms with Crippen molar-refractivity contribution >= 4 is 81.1 Å². The quantitative estimate of drug-likeness (QED) is 0.136. The Morgan fingerprint density at radius 1 is 1.00 bits per heavy atom. The molecular formula is C25H21Cl2IN4O5. The summed E-state index contributed by atoms with van der Waals surface area (Å²) in [6.07, 6.45) is 1.34. The fraction of sp³-hybridized carbons (Fsp3) is 0.120. The average molecular weight is 655 g/mol. The number of hydrazone groups is 1. The van der Waals surface area contributed by atoms with Gasteiger partial charge in [-0.25, -0.2) is 5.43 Å². The number of hydrogen-bond acceptors (Lipinski definition) is 6. The molecule has 192 valence electrons. The van der Waals surface area contributed by atoms with Crippen LogP contribution < -0.4 is 25.5 Å². The molecule has 0 aliphatic carbocycles. The Kier molecular flexibility index (Phi) is 10.1. The molecule has 0 fully saturated rings. The predicted octanol–water partition coefficient (Wildman–Crippen LogP) is 5.02. The van der Waals surface area contributed by atoms with Gasteiger partial charge in [-0.15, -0.1) is 0 Å². The molecule has 37 heavy (non-hydrogen) atoms. The third-order valence-electron chi connectivity index (χ3n) is 4.72. The van der Waals surface area contributed by atoms with Crippen LogP contribution in [-0.2, 0) is 14.4 Å². The predicted molar refractivity (Wildman–Crippen MR) is 152 cm³/mol. The molecule has 3 amide bonds. The van der Waals surface area contributed by atoms with Crippen LogP contribution in [0.3, 0.4) is 0 Å². The summed E-state index contributed by atoms with van der Waals surface area (Å²) >= 11 is 14.0. The van der Waals surface area contributed by atoms with E-state index >= 15 is 0 Å². The van der Waals surface area contributed by atoms with Crippen molar-refractivity contribution in [3.05, 3.63) is 79.3 Å². The number of aryl methyl sites for hydroxylation is 1. The van der Waals surface area contributed by atoms with Crippen LogP contribution in [0, 0.1) is 10.5 Å². The first kappa shape index (κ1) is 28.2. The van der Waals surface area contributed by atoms with Gasteiger partial charge in [0.1, 0.15) is 0 Å². The Bertz CT molecular complexity index is 1370. The molecule has 12 heteroatoms. The number of nitrogens with zero attached hydrogens (tertiary/aromatic N) is 1. The molecule has 0 aliphatic rings. The molecule has 0 aromatic heterocycles. The minimum Gasteiger partial charge on any atom is -0.493 e. The van der Waals surface area contributed by atoms with Gasteiger partial charge < -0.3 is 20.1 Å². The molecule has 0 aliphatic heterocycles. The summed E-state index contributed by atoms with van der Waals surface area (Å²) in [6.45, 7) is 1.61. The van der Waals surface area contributed by atoms with E-state index in [0.717, 1.165) is 5.56 Å². The third kappa shape index (κ3) is 8.34. The minimum absolute atomic E-state index is 0.261. The number of carbonyl (C=O) groups is 3. The first-order chi connectivity index (χ1) is 17.7. The van der Waals surface area contributed by atoms with Crippen molar-refractivity contribution in [3.8, 4) is 11.5 Å². The van der Waals surface area contributed by atoms with E-state index in [-0.39, 0.29) is 12.5 Å². The first-order valence-corrected chi connectivity index (χ1v) is 12.5. The summed E-state index contributed by atoms with van der Waals surface area (Å²) < 4.78 is 11.7. The van der Waals surface area contributed by atoms with Gasteiger partial charge in [-0.2, -0.15) is 5.10 Å². The van der Waals surface area contributed by atoms with Crippen LogP contribution in [0.1, 0.15) is 11.1 Å². The average Bonchev–Trinajstić information content (AvgIpc) is 2.85. The molecule has 3 aromatic carbocycles. The summed E-state index contributed by atoms with van der Waals surface area (Å²) in [5.74, 6) is -1.52. The van der Waals surface area contributed by atoms with Crippen LogP contribution in [0.2, 0.25) is 10.0 Å². The zero-order valence-corrected chi connectivity index (χ0v) is 23.3. The van der Waals surface area contributed by atoms with E-state index in [1.54, 1.807) is 48.5 Å². The maximum absolute atomic E-state index is 12.3. The number of halogens is 3. The molecule has 0 spiro atoms. The number of methoxy groups -OCH3 is 1. The molecule has 3 rings (SSSR count). The SMILES string of the molecule is COc1cc(/C=N\NC(=O)C(=O)Nc2cccc(Cl)c2)cc(I)c1OCC(=O)Nc1ccc(C)c(Cl)c1. The largest absolute Gasteiger partial charge is 0.493 e. The van der Waals surface area contributed by atoms with E-state index in [4.69, 9.17) is 32.7 Å². The van der Waals surface area contributed by atoms with Crippen LogP contribution >= 0.6 is 45.8 Å².